The molecule has 3 N–H and O–H groups in total. The van der Waals surface area contributed by atoms with E-state index in [4.69, 9.17) is 9.15 Å². The van der Waals surface area contributed by atoms with Crippen molar-refractivity contribution in [1.29, 1.82) is 0 Å². The van der Waals surface area contributed by atoms with Crippen molar-refractivity contribution in [2.45, 2.75) is 31.2 Å². The summed E-state index contributed by atoms with van der Waals surface area (Å²) in [6, 6.07) is 7.19. The van der Waals surface area contributed by atoms with Crippen LogP contribution < -0.4 is 5.32 Å². The zero-order chi connectivity index (χ0) is 23.1. The molecule has 172 valence electrons. The van der Waals surface area contributed by atoms with Crippen LogP contribution in [0.3, 0.4) is 0 Å². The number of furan rings is 1. The molecule has 0 bridgehead atoms. The van der Waals surface area contributed by atoms with Gasteiger partial charge < -0.3 is 34.3 Å². The molecule has 1 unspecified atom stereocenters. The summed E-state index contributed by atoms with van der Waals surface area (Å²) in [5.41, 5.74) is 1.43. The second-order valence-corrected chi connectivity index (χ2v) is 8.22. The smallest absolute Gasteiger partial charge is 0.464 e. The van der Waals surface area contributed by atoms with Gasteiger partial charge in [0.1, 0.15) is 12.2 Å². The number of hydrogen-bond donors (Lipinski definition) is 3. The van der Waals surface area contributed by atoms with Gasteiger partial charge in [-0.2, -0.15) is 0 Å². The Hall–Kier alpha value is -2.82. The molecular formula is C22H30BN3O6. The highest BCUT2D eigenvalue weighted by Crippen LogP contribution is 2.22. The molecule has 2 amide bonds. The van der Waals surface area contributed by atoms with Crippen molar-refractivity contribution in [3.63, 3.8) is 0 Å². The van der Waals surface area contributed by atoms with Gasteiger partial charge >= 0.3 is 13.2 Å². The number of para-hydroxylation sites is 1. The van der Waals surface area contributed by atoms with E-state index in [1.807, 2.05) is 43.3 Å². The van der Waals surface area contributed by atoms with E-state index in [1.165, 1.54) is 0 Å². The maximum atomic E-state index is 12.4. The van der Waals surface area contributed by atoms with Gasteiger partial charge in [-0.15, -0.1) is 0 Å². The zero-order valence-electron chi connectivity index (χ0n) is 18.4. The Balaban J connectivity index is 1.53. The maximum absolute atomic E-state index is 12.4. The van der Waals surface area contributed by atoms with Crippen LogP contribution in [-0.2, 0) is 16.0 Å². The molecule has 2 aromatic rings. The fourth-order valence-electron chi connectivity index (χ4n) is 3.78. The highest BCUT2D eigenvalue weighted by Gasteiger charge is 2.30. The van der Waals surface area contributed by atoms with E-state index in [0.29, 0.717) is 18.7 Å². The van der Waals surface area contributed by atoms with Crippen LogP contribution >= 0.6 is 0 Å². The largest absolute Gasteiger partial charge is 0.475 e. The zero-order valence-corrected chi connectivity index (χ0v) is 18.4. The van der Waals surface area contributed by atoms with Crippen LogP contribution in [0, 0.1) is 0 Å². The van der Waals surface area contributed by atoms with Gasteiger partial charge in [0.15, 0.2) is 0 Å². The summed E-state index contributed by atoms with van der Waals surface area (Å²) in [4.78, 5) is 28.4. The highest BCUT2D eigenvalue weighted by molar-refractivity contribution is 6.43. The van der Waals surface area contributed by atoms with E-state index in [2.05, 4.69) is 5.32 Å². The molecule has 0 aliphatic carbocycles. The standard InChI is InChI=1S/C22H30BN3O6/c1-25(2)11-6-10-21(27)26-12-5-7-17(26)15-32-22(28)24-20(23(29)30)13-16-14-31-19-9-4-3-8-18(16)19/h3-4,6,8-10,14,17,20,29-30H,5,7,11-13,15H2,1-2H3,(H,24,28)/b10-6+/t17-,20?/m1/s1. The summed E-state index contributed by atoms with van der Waals surface area (Å²) in [5, 5.41) is 22.8. The summed E-state index contributed by atoms with van der Waals surface area (Å²) >= 11 is 0. The number of benzene rings is 1. The van der Waals surface area contributed by atoms with Gasteiger partial charge in [0.05, 0.1) is 18.2 Å². The van der Waals surface area contributed by atoms with E-state index in [0.717, 1.165) is 23.8 Å². The van der Waals surface area contributed by atoms with Gasteiger partial charge in [-0.3, -0.25) is 4.79 Å². The molecule has 1 saturated heterocycles. The van der Waals surface area contributed by atoms with Crippen molar-refractivity contribution >= 4 is 30.1 Å². The van der Waals surface area contributed by atoms with Crippen LogP contribution in [-0.4, -0.2) is 84.7 Å². The number of likely N-dealkylation sites (N-methyl/N-ethyl adjacent to an activating group) is 1. The van der Waals surface area contributed by atoms with Gasteiger partial charge in [0.25, 0.3) is 0 Å². The molecule has 32 heavy (non-hydrogen) atoms. The van der Waals surface area contributed by atoms with Gasteiger partial charge in [0, 0.05) is 24.6 Å². The maximum Gasteiger partial charge on any atom is 0.475 e. The van der Waals surface area contributed by atoms with Crippen molar-refractivity contribution in [1.82, 2.24) is 15.1 Å². The van der Waals surface area contributed by atoms with E-state index < -0.39 is 19.2 Å². The van der Waals surface area contributed by atoms with Gasteiger partial charge in [-0.05, 0) is 45.0 Å². The van der Waals surface area contributed by atoms with Crippen LogP contribution in [0.2, 0.25) is 0 Å². The highest BCUT2D eigenvalue weighted by atomic mass is 16.5. The molecule has 10 heteroatoms. The molecule has 1 aromatic heterocycles. The lowest BCUT2D eigenvalue weighted by molar-refractivity contribution is -0.127. The van der Waals surface area contributed by atoms with Crippen molar-refractivity contribution in [3.05, 3.63) is 48.2 Å². The number of alkyl carbamates (subject to hydrolysis) is 1. The van der Waals surface area contributed by atoms with Crippen LogP contribution in [0.4, 0.5) is 4.79 Å². The minimum atomic E-state index is -1.78. The van der Waals surface area contributed by atoms with Crippen LogP contribution in [0.15, 0.2) is 47.1 Å². The molecular weight excluding hydrogens is 413 g/mol. The van der Waals surface area contributed by atoms with Gasteiger partial charge in [-0.25, -0.2) is 4.79 Å². The molecule has 2 heterocycles. The third-order valence-corrected chi connectivity index (χ3v) is 5.46. The summed E-state index contributed by atoms with van der Waals surface area (Å²) in [7, 11) is 2.07. The number of hydrogen-bond acceptors (Lipinski definition) is 7. The Labute approximate surface area is 187 Å². The molecule has 0 saturated carbocycles. The summed E-state index contributed by atoms with van der Waals surface area (Å²) in [6.07, 6.45) is 5.87. The fourth-order valence-corrected chi connectivity index (χ4v) is 3.78. The number of likely N-dealkylation sites (tertiary alicyclic amines) is 1. The average Bonchev–Trinajstić information content (AvgIpc) is 3.38. The normalized spacial score (nSPS) is 17.3. The van der Waals surface area contributed by atoms with E-state index in [1.54, 1.807) is 23.3 Å². The van der Waals surface area contributed by atoms with Crippen LogP contribution in [0.5, 0.6) is 0 Å². The lowest BCUT2D eigenvalue weighted by Crippen LogP contribution is -2.48. The Morgan fingerprint density at radius 3 is 2.91 bits per heavy atom. The Bertz CT molecular complexity index is 945. The third kappa shape index (κ3) is 6.35. The Morgan fingerprint density at radius 1 is 1.38 bits per heavy atom. The topological polar surface area (TPSA) is 115 Å². The van der Waals surface area contributed by atoms with Crippen molar-refractivity contribution in [3.8, 4) is 0 Å². The number of amides is 2. The molecule has 3 rings (SSSR count). The van der Waals surface area contributed by atoms with E-state index >= 15 is 0 Å². The number of ether oxygens (including phenoxy) is 1. The SMILES string of the molecule is CN(C)C/C=C/C(=O)N1CCC[C@@H]1COC(=O)NC(Cc1coc2ccccc12)B(O)O. The molecule has 2 atom stereocenters. The molecule has 1 aliphatic heterocycles. The van der Waals surface area contributed by atoms with Crippen LogP contribution in [0.25, 0.3) is 11.0 Å². The van der Waals surface area contributed by atoms with E-state index in [-0.39, 0.29) is 25.0 Å². The first-order valence-electron chi connectivity index (χ1n) is 10.7. The molecule has 1 aromatic carbocycles. The average molecular weight is 443 g/mol. The fraction of sp³-hybridized carbons (Fsp3) is 0.455. The second-order valence-electron chi connectivity index (χ2n) is 8.22. The monoisotopic (exact) mass is 443 g/mol. The number of rotatable bonds is 9. The molecule has 1 aliphatic rings. The predicted octanol–water partition coefficient (Wildman–Crippen LogP) is 1.19. The molecule has 0 spiro atoms. The molecule has 1 fully saturated rings. The van der Waals surface area contributed by atoms with Crippen LogP contribution in [0.1, 0.15) is 18.4 Å². The summed E-state index contributed by atoms with van der Waals surface area (Å²) in [6.45, 7) is 1.33. The Kier molecular flexibility index (Phi) is 8.32. The third-order valence-electron chi connectivity index (χ3n) is 5.46. The lowest BCUT2D eigenvalue weighted by Gasteiger charge is -2.24. The first-order chi connectivity index (χ1) is 15.3. The first kappa shape index (κ1) is 23.8. The van der Waals surface area contributed by atoms with E-state index in [9.17, 15) is 19.6 Å². The van der Waals surface area contributed by atoms with Crippen molar-refractivity contribution in [2.24, 2.45) is 0 Å². The first-order valence-corrected chi connectivity index (χ1v) is 10.7. The minimum absolute atomic E-state index is 0.0436. The number of nitrogens with one attached hydrogen (secondary N) is 1. The number of nitrogens with zero attached hydrogens (tertiary/aromatic N) is 2. The number of carbonyl (C=O) groups is 2. The molecule has 9 nitrogen and oxygen atoms in total. The lowest BCUT2D eigenvalue weighted by atomic mass is 9.76. The van der Waals surface area contributed by atoms with Crippen molar-refractivity contribution < 1.29 is 28.8 Å². The summed E-state index contributed by atoms with van der Waals surface area (Å²) in [5.74, 6) is -1.08. The quantitative estimate of drug-likeness (QED) is 0.394. The number of carbonyl (C=O) groups excluding carboxylic acids is 2. The Morgan fingerprint density at radius 2 is 2.16 bits per heavy atom. The molecule has 0 radical (unpaired) electrons. The minimum Gasteiger partial charge on any atom is -0.464 e. The summed E-state index contributed by atoms with van der Waals surface area (Å²) < 4.78 is 10.8. The number of fused-ring (bicyclic) bond motifs is 1. The predicted molar refractivity (Wildman–Crippen MR) is 121 cm³/mol. The van der Waals surface area contributed by atoms with Gasteiger partial charge in [-0.1, -0.05) is 24.3 Å². The second kappa shape index (κ2) is 11.2. The van der Waals surface area contributed by atoms with Gasteiger partial charge in [0.2, 0.25) is 5.91 Å². The van der Waals surface area contributed by atoms with Crippen molar-refractivity contribution in [2.75, 3.05) is 33.8 Å².